The van der Waals surface area contributed by atoms with Gasteiger partial charge in [0.2, 0.25) is 0 Å². The van der Waals surface area contributed by atoms with Crippen molar-refractivity contribution in [2.75, 3.05) is 19.7 Å². The van der Waals surface area contributed by atoms with Gasteiger partial charge in [-0.2, -0.15) is 0 Å². The first-order valence-electron chi connectivity index (χ1n) is 7.55. The molecule has 1 aromatic rings. The van der Waals surface area contributed by atoms with E-state index in [4.69, 9.17) is 4.74 Å². The molecule has 0 spiro atoms. The van der Waals surface area contributed by atoms with E-state index < -0.39 is 0 Å². The number of hydrogen-bond donors (Lipinski definition) is 1. The lowest BCUT2D eigenvalue weighted by Crippen LogP contribution is -2.33. The number of ketones is 1. The van der Waals surface area contributed by atoms with E-state index in [1.165, 1.54) is 0 Å². The molecule has 4 heteroatoms. The van der Waals surface area contributed by atoms with Crippen LogP contribution in [0.1, 0.15) is 49.9 Å². The highest BCUT2D eigenvalue weighted by Crippen LogP contribution is 2.35. The Morgan fingerprint density at radius 2 is 2.25 bits per heavy atom. The molecule has 1 fully saturated rings. The lowest BCUT2D eigenvalue weighted by atomic mass is 9.76. The van der Waals surface area contributed by atoms with Gasteiger partial charge in [0, 0.05) is 23.7 Å². The Hall–Kier alpha value is -1.42. The number of pyridine rings is 1. The second kappa shape index (κ2) is 6.84. The molecule has 2 heterocycles. The maximum atomic E-state index is 12.8. The third kappa shape index (κ3) is 3.18. The lowest BCUT2D eigenvalue weighted by Gasteiger charge is -2.26. The second-order valence-corrected chi connectivity index (χ2v) is 5.54. The fourth-order valence-corrected chi connectivity index (χ4v) is 2.89. The van der Waals surface area contributed by atoms with E-state index in [1.807, 2.05) is 6.07 Å². The van der Waals surface area contributed by atoms with Gasteiger partial charge < -0.3 is 10.1 Å². The molecular weight excluding hydrogens is 252 g/mol. The van der Waals surface area contributed by atoms with Crippen LogP contribution in [-0.4, -0.2) is 30.5 Å². The van der Waals surface area contributed by atoms with Crippen LogP contribution in [-0.2, 0) is 0 Å². The normalized spacial score (nSPS) is 21.9. The van der Waals surface area contributed by atoms with Crippen molar-refractivity contribution in [3.05, 3.63) is 24.0 Å². The third-order valence-corrected chi connectivity index (χ3v) is 3.90. The van der Waals surface area contributed by atoms with Gasteiger partial charge >= 0.3 is 0 Å². The maximum Gasteiger partial charge on any atom is 0.172 e. The minimum atomic E-state index is -0.250. The van der Waals surface area contributed by atoms with Gasteiger partial charge in [0.1, 0.15) is 5.75 Å². The van der Waals surface area contributed by atoms with Crippen molar-refractivity contribution < 1.29 is 9.53 Å². The predicted octanol–water partition coefficient (Wildman–Crippen LogP) is 2.83. The zero-order chi connectivity index (χ0) is 14.4. The Kier molecular flexibility index (Phi) is 5.12. The number of nitrogens with one attached hydrogen (secondary N) is 1. The Morgan fingerprint density at radius 1 is 1.40 bits per heavy atom. The number of Topliss-reactive ketones (excluding diaryl/α,β-unsaturated/α-hetero) is 1. The van der Waals surface area contributed by atoms with E-state index in [-0.39, 0.29) is 11.2 Å². The smallest absolute Gasteiger partial charge is 0.172 e. The van der Waals surface area contributed by atoms with E-state index in [2.05, 4.69) is 24.1 Å². The van der Waals surface area contributed by atoms with Gasteiger partial charge in [0.25, 0.3) is 0 Å². The van der Waals surface area contributed by atoms with Gasteiger partial charge in [0.15, 0.2) is 5.78 Å². The molecular formula is C16H24N2O2. The molecule has 110 valence electrons. The fraction of sp³-hybridized carbons (Fsp3) is 0.625. The van der Waals surface area contributed by atoms with Crippen molar-refractivity contribution in [2.24, 2.45) is 5.41 Å². The minimum Gasteiger partial charge on any atom is -0.492 e. The van der Waals surface area contributed by atoms with Gasteiger partial charge in [-0.15, -0.1) is 0 Å². The van der Waals surface area contributed by atoms with E-state index in [0.29, 0.717) is 17.9 Å². The van der Waals surface area contributed by atoms with Gasteiger partial charge in [-0.1, -0.05) is 20.3 Å². The van der Waals surface area contributed by atoms with Crippen LogP contribution in [0.3, 0.4) is 0 Å². The zero-order valence-electron chi connectivity index (χ0n) is 12.4. The summed E-state index contributed by atoms with van der Waals surface area (Å²) in [4.78, 5) is 17.0. The topological polar surface area (TPSA) is 51.2 Å². The second-order valence-electron chi connectivity index (χ2n) is 5.54. The van der Waals surface area contributed by atoms with Crippen molar-refractivity contribution in [3.63, 3.8) is 0 Å². The fourth-order valence-electron chi connectivity index (χ4n) is 2.89. The molecule has 0 saturated carbocycles. The molecule has 0 amide bonds. The van der Waals surface area contributed by atoms with E-state index in [1.54, 1.807) is 12.4 Å². The number of aromatic nitrogens is 1. The zero-order valence-corrected chi connectivity index (χ0v) is 12.4. The molecule has 20 heavy (non-hydrogen) atoms. The standard InChI is InChI=1S/C16H24N2O2/c1-3-5-16(6-7-17-12-16)15(19)13-9-14(11-18-10-13)20-8-4-2/h9-11,17H,3-8,12H2,1-2H3. The van der Waals surface area contributed by atoms with Crippen LogP contribution in [0.15, 0.2) is 18.5 Å². The largest absolute Gasteiger partial charge is 0.492 e. The monoisotopic (exact) mass is 276 g/mol. The quantitative estimate of drug-likeness (QED) is 0.778. The van der Waals surface area contributed by atoms with Gasteiger partial charge in [-0.05, 0) is 31.9 Å². The van der Waals surface area contributed by atoms with E-state index in [0.717, 1.165) is 38.8 Å². The Labute approximate surface area is 120 Å². The van der Waals surface area contributed by atoms with Crippen molar-refractivity contribution in [1.82, 2.24) is 10.3 Å². The summed E-state index contributed by atoms with van der Waals surface area (Å²) in [6, 6.07) is 1.83. The summed E-state index contributed by atoms with van der Waals surface area (Å²) in [6.07, 6.45) is 7.15. The molecule has 1 saturated heterocycles. The van der Waals surface area contributed by atoms with Crippen LogP contribution in [0.4, 0.5) is 0 Å². The van der Waals surface area contributed by atoms with Crippen molar-refractivity contribution >= 4 is 5.78 Å². The summed E-state index contributed by atoms with van der Waals surface area (Å²) in [5.41, 5.74) is 0.426. The first-order chi connectivity index (χ1) is 9.72. The van der Waals surface area contributed by atoms with Crippen LogP contribution < -0.4 is 10.1 Å². The van der Waals surface area contributed by atoms with Crippen LogP contribution in [0.25, 0.3) is 0 Å². The molecule has 1 atom stereocenters. The number of rotatable bonds is 7. The summed E-state index contributed by atoms with van der Waals surface area (Å²) >= 11 is 0. The molecule has 1 aliphatic rings. The van der Waals surface area contributed by atoms with Crippen LogP contribution in [0.5, 0.6) is 5.75 Å². The van der Waals surface area contributed by atoms with Crippen molar-refractivity contribution in [3.8, 4) is 5.75 Å². The molecule has 2 rings (SSSR count). The highest BCUT2D eigenvalue weighted by Gasteiger charge is 2.40. The summed E-state index contributed by atoms with van der Waals surface area (Å²) < 4.78 is 5.57. The minimum absolute atomic E-state index is 0.207. The Bertz CT molecular complexity index is 454. The number of carbonyl (C=O) groups excluding carboxylic acids is 1. The Balaban J connectivity index is 2.18. The van der Waals surface area contributed by atoms with Crippen LogP contribution >= 0.6 is 0 Å². The third-order valence-electron chi connectivity index (χ3n) is 3.90. The molecule has 0 bridgehead atoms. The number of hydrogen-bond acceptors (Lipinski definition) is 4. The lowest BCUT2D eigenvalue weighted by molar-refractivity contribution is 0.0801. The van der Waals surface area contributed by atoms with Gasteiger partial charge in [-0.3, -0.25) is 9.78 Å². The maximum absolute atomic E-state index is 12.8. The molecule has 1 N–H and O–H groups in total. The SMILES string of the molecule is CCCOc1cncc(C(=O)C2(CCC)CCNC2)c1. The average Bonchev–Trinajstić information content (AvgIpc) is 2.95. The van der Waals surface area contributed by atoms with Gasteiger partial charge in [-0.25, -0.2) is 0 Å². The number of ether oxygens (including phenoxy) is 1. The van der Waals surface area contributed by atoms with Crippen molar-refractivity contribution in [1.29, 1.82) is 0 Å². The molecule has 1 aliphatic heterocycles. The van der Waals surface area contributed by atoms with Crippen LogP contribution in [0, 0.1) is 5.41 Å². The summed E-state index contributed by atoms with van der Waals surface area (Å²) in [5.74, 6) is 0.897. The number of nitrogens with zero attached hydrogens (tertiary/aromatic N) is 1. The molecule has 1 unspecified atom stereocenters. The molecule has 0 aromatic carbocycles. The van der Waals surface area contributed by atoms with Crippen molar-refractivity contribution in [2.45, 2.75) is 39.5 Å². The Morgan fingerprint density at radius 3 is 2.90 bits per heavy atom. The summed E-state index contributed by atoms with van der Waals surface area (Å²) in [5, 5.41) is 3.33. The molecule has 1 aromatic heterocycles. The molecule has 0 radical (unpaired) electrons. The number of carbonyl (C=O) groups is 1. The first-order valence-corrected chi connectivity index (χ1v) is 7.55. The van der Waals surface area contributed by atoms with Crippen LogP contribution in [0.2, 0.25) is 0 Å². The predicted molar refractivity (Wildman–Crippen MR) is 79.2 cm³/mol. The van der Waals surface area contributed by atoms with Gasteiger partial charge in [0.05, 0.1) is 12.8 Å². The highest BCUT2D eigenvalue weighted by atomic mass is 16.5. The van der Waals surface area contributed by atoms with E-state index >= 15 is 0 Å². The summed E-state index contributed by atoms with van der Waals surface area (Å²) in [7, 11) is 0. The first kappa shape index (κ1) is 15.0. The average molecular weight is 276 g/mol. The summed E-state index contributed by atoms with van der Waals surface area (Å²) in [6.45, 7) is 6.54. The highest BCUT2D eigenvalue weighted by molar-refractivity contribution is 6.01. The molecule has 0 aliphatic carbocycles. The molecule has 4 nitrogen and oxygen atoms in total. The van der Waals surface area contributed by atoms with E-state index in [9.17, 15) is 4.79 Å².